The van der Waals surface area contributed by atoms with Crippen LogP contribution in [0.15, 0.2) is 18.2 Å². The number of ketones is 1. The molecule has 86 valence electrons. The maximum absolute atomic E-state index is 12.0. The van der Waals surface area contributed by atoms with Crippen molar-refractivity contribution in [2.24, 2.45) is 0 Å². The smallest absolute Gasteiger partial charge is 0.143 e. The van der Waals surface area contributed by atoms with Gasteiger partial charge in [-0.3, -0.25) is 4.79 Å². The molecule has 0 amide bonds. The van der Waals surface area contributed by atoms with E-state index in [1.807, 2.05) is 26.0 Å². The Kier molecular flexibility index (Phi) is 2.75. The highest BCUT2D eigenvalue weighted by atomic mass is 16.5. The van der Waals surface area contributed by atoms with Gasteiger partial charge in [0.2, 0.25) is 0 Å². The highest BCUT2D eigenvalue weighted by molar-refractivity contribution is 5.92. The summed E-state index contributed by atoms with van der Waals surface area (Å²) < 4.78 is 5.37. The van der Waals surface area contributed by atoms with Gasteiger partial charge in [0.15, 0.2) is 0 Å². The Labute approximate surface area is 96.6 Å². The molecule has 1 aliphatic carbocycles. The second-order valence-corrected chi connectivity index (χ2v) is 4.81. The first kappa shape index (κ1) is 11.2. The zero-order valence-corrected chi connectivity index (χ0v) is 10.2. The first-order valence-corrected chi connectivity index (χ1v) is 5.76. The summed E-state index contributed by atoms with van der Waals surface area (Å²) >= 11 is 0. The summed E-state index contributed by atoms with van der Waals surface area (Å²) in [5.41, 5.74) is 1.89. The van der Waals surface area contributed by atoms with E-state index in [1.54, 1.807) is 7.11 Å². The van der Waals surface area contributed by atoms with E-state index in [4.69, 9.17) is 4.74 Å². The fourth-order valence-electron chi connectivity index (χ4n) is 2.56. The van der Waals surface area contributed by atoms with E-state index in [0.29, 0.717) is 12.2 Å². The normalized spacial score (nSPS) is 24.8. The first-order valence-electron chi connectivity index (χ1n) is 5.76. The number of carbonyl (C=O) groups excluding carboxylic acids is 1. The number of rotatable bonds is 2. The third kappa shape index (κ3) is 1.62. The van der Waals surface area contributed by atoms with E-state index in [2.05, 4.69) is 6.07 Å². The first-order chi connectivity index (χ1) is 7.58. The summed E-state index contributed by atoms with van der Waals surface area (Å²) in [5, 5.41) is 0. The Morgan fingerprint density at radius 1 is 1.38 bits per heavy atom. The molecule has 0 unspecified atom stereocenters. The van der Waals surface area contributed by atoms with E-state index < -0.39 is 0 Å². The molecule has 0 aliphatic heterocycles. The Balaban J connectivity index is 2.53. The van der Waals surface area contributed by atoms with Crippen LogP contribution in [0.5, 0.6) is 5.75 Å². The van der Waals surface area contributed by atoms with Crippen LogP contribution in [-0.2, 0) is 10.2 Å². The minimum absolute atomic E-state index is 0.336. The van der Waals surface area contributed by atoms with Crippen molar-refractivity contribution in [1.29, 1.82) is 0 Å². The summed E-state index contributed by atoms with van der Waals surface area (Å²) in [4.78, 5) is 12.0. The monoisotopic (exact) mass is 218 g/mol. The van der Waals surface area contributed by atoms with Crippen LogP contribution in [0.3, 0.4) is 0 Å². The number of carbonyl (C=O) groups is 1. The number of benzene rings is 1. The molecule has 0 spiro atoms. The van der Waals surface area contributed by atoms with Gasteiger partial charge in [0.05, 0.1) is 12.5 Å². The van der Waals surface area contributed by atoms with Crippen molar-refractivity contribution in [3.63, 3.8) is 0 Å². The molecule has 2 rings (SSSR count). The van der Waals surface area contributed by atoms with Crippen molar-refractivity contribution in [3.05, 3.63) is 29.3 Å². The van der Waals surface area contributed by atoms with Gasteiger partial charge in [0.25, 0.3) is 0 Å². The van der Waals surface area contributed by atoms with Gasteiger partial charge in [0.1, 0.15) is 11.5 Å². The van der Waals surface area contributed by atoms with Crippen molar-refractivity contribution >= 4 is 5.78 Å². The second-order valence-electron chi connectivity index (χ2n) is 4.81. The van der Waals surface area contributed by atoms with E-state index in [-0.39, 0.29) is 5.41 Å². The van der Waals surface area contributed by atoms with Gasteiger partial charge >= 0.3 is 0 Å². The van der Waals surface area contributed by atoms with Crippen molar-refractivity contribution in [3.8, 4) is 5.75 Å². The molecule has 1 fully saturated rings. The summed E-state index contributed by atoms with van der Waals surface area (Å²) in [6.45, 7) is 4.09. The minimum atomic E-state index is -0.336. The number of hydrogen-bond donors (Lipinski definition) is 0. The van der Waals surface area contributed by atoms with Crippen molar-refractivity contribution in [1.82, 2.24) is 0 Å². The van der Waals surface area contributed by atoms with Gasteiger partial charge in [-0.25, -0.2) is 0 Å². The van der Waals surface area contributed by atoms with Gasteiger partial charge in [-0.1, -0.05) is 17.7 Å². The molecule has 0 bridgehead atoms. The topological polar surface area (TPSA) is 26.3 Å². The fourth-order valence-corrected chi connectivity index (χ4v) is 2.56. The van der Waals surface area contributed by atoms with E-state index in [9.17, 15) is 4.79 Å². The quantitative estimate of drug-likeness (QED) is 0.762. The molecule has 2 heteroatoms. The molecule has 2 nitrogen and oxygen atoms in total. The summed E-state index contributed by atoms with van der Waals surface area (Å²) in [7, 11) is 1.66. The van der Waals surface area contributed by atoms with E-state index in [1.165, 1.54) is 5.56 Å². The molecule has 1 atom stereocenters. The van der Waals surface area contributed by atoms with Gasteiger partial charge in [-0.05, 0) is 32.8 Å². The van der Waals surface area contributed by atoms with Crippen LogP contribution in [0.2, 0.25) is 0 Å². The number of Topliss-reactive ketones (excluding diaryl/α,β-unsaturated/α-hetero) is 1. The van der Waals surface area contributed by atoms with Crippen molar-refractivity contribution in [2.75, 3.05) is 7.11 Å². The molecule has 0 aromatic heterocycles. The predicted molar refractivity (Wildman–Crippen MR) is 63.9 cm³/mol. The standard InChI is InChI=1S/C14H18O2/c1-10-6-7-12(16-3)11(9-10)14(2)8-4-5-13(14)15/h6-7,9H,4-5,8H2,1-3H3/t14-/m1/s1. The molecule has 1 saturated carbocycles. The maximum Gasteiger partial charge on any atom is 0.143 e. The Bertz CT molecular complexity index is 423. The zero-order valence-electron chi connectivity index (χ0n) is 10.2. The lowest BCUT2D eigenvalue weighted by Crippen LogP contribution is -2.27. The summed E-state index contributed by atoms with van der Waals surface area (Å²) in [6, 6.07) is 6.06. The summed E-state index contributed by atoms with van der Waals surface area (Å²) in [6.07, 6.45) is 2.63. The molecule has 0 heterocycles. The molecular formula is C14H18O2. The van der Waals surface area contributed by atoms with Crippen molar-refractivity contribution in [2.45, 2.75) is 38.5 Å². The van der Waals surface area contributed by atoms with Crippen LogP contribution >= 0.6 is 0 Å². The molecule has 1 aromatic carbocycles. The second kappa shape index (κ2) is 3.93. The molecule has 0 N–H and O–H groups in total. The third-order valence-corrected chi connectivity index (χ3v) is 3.65. The molecule has 0 saturated heterocycles. The molecule has 1 aromatic rings. The Morgan fingerprint density at radius 3 is 2.69 bits per heavy atom. The lowest BCUT2D eigenvalue weighted by Gasteiger charge is -2.25. The van der Waals surface area contributed by atoms with E-state index >= 15 is 0 Å². The third-order valence-electron chi connectivity index (χ3n) is 3.65. The van der Waals surface area contributed by atoms with Gasteiger partial charge in [-0.2, -0.15) is 0 Å². The van der Waals surface area contributed by atoms with Crippen LogP contribution in [0.25, 0.3) is 0 Å². The van der Waals surface area contributed by atoms with Gasteiger partial charge in [0, 0.05) is 12.0 Å². The molecule has 0 radical (unpaired) electrons. The molecule has 16 heavy (non-hydrogen) atoms. The highest BCUT2D eigenvalue weighted by Crippen LogP contribution is 2.42. The van der Waals surface area contributed by atoms with Crippen molar-refractivity contribution < 1.29 is 9.53 Å². The van der Waals surface area contributed by atoms with Crippen LogP contribution in [0, 0.1) is 6.92 Å². The summed E-state index contributed by atoms with van der Waals surface area (Å²) in [5.74, 6) is 1.18. The maximum atomic E-state index is 12.0. The van der Waals surface area contributed by atoms with Gasteiger partial charge in [-0.15, -0.1) is 0 Å². The predicted octanol–water partition coefficient (Wildman–Crippen LogP) is 3.01. The van der Waals surface area contributed by atoms with Crippen LogP contribution in [-0.4, -0.2) is 12.9 Å². The lowest BCUT2D eigenvalue weighted by atomic mass is 9.79. The number of aryl methyl sites for hydroxylation is 1. The lowest BCUT2D eigenvalue weighted by molar-refractivity contribution is -0.121. The number of hydrogen-bond acceptors (Lipinski definition) is 2. The largest absolute Gasteiger partial charge is 0.496 e. The Morgan fingerprint density at radius 2 is 2.12 bits per heavy atom. The zero-order chi connectivity index (χ0) is 11.8. The SMILES string of the molecule is COc1ccc(C)cc1[C@@]1(C)CCCC1=O. The average Bonchev–Trinajstić information content (AvgIpc) is 2.60. The van der Waals surface area contributed by atoms with E-state index in [0.717, 1.165) is 24.2 Å². The molecular weight excluding hydrogens is 200 g/mol. The van der Waals surface area contributed by atoms with Crippen LogP contribution in [0.1, 0.15) is 37.3 Å². The average molecular weight is 218 g/mol. The minimum Gasteiger partial charge on any atom is -0.496 e. The van der Waals surface area contributed by atoms with Crippen LogP contribution < -0.4 is 4.74 Å². The number of methoxy groups -OCH3 is 1. The Hall–Kier alpha value is -1.31. The number of ether oxygens (including phenoxy) is 1. The van der Waals surface area contributed by atoms with Crippen LogP contribution in [0.4, 0.5) is 0 Å². The van der Waals surface area contributed by atoms with Gasteiger partial charge < -0.3 is 4.74 Å². The fraction of sp³-hybridized carbons (Fsp3) is 0.500. The molecule has 1 aliphatic rings. The highest BCUT2D eigenvalue weighted by Gasteiger charge is 2.40.